The molecule has 2 aromatic rings. The van der Waals surface area contributed by atoms with Crippen LogP contribution in [0.4, 0.5) is 8.78 Å². The van der Waals surface area contributed by atoms with Crippen LogP contribution in [0.2, 0.25) is 0 Å². The van der Waals surface area contributed by atoms with E-state index in [1.165, 1.54) is 18.2 Å². The van der Waals surface area contributed by atoms with Gasteiger partial charge in [0, 0.05) is 12.0 Å². The van der Waals surface area contributed by atoms with E-state index in [-0.39, 0.29) is 12.0 Å². The zero-order chi connectivity index (χ0) is 14.3. The number of rotatable bonds is 1. The zero-order valence-electron chi connectivity index (χ0n) is 10.9. The van der Waals surface area contributed by atoms with Crippen LogP contribution in [0.3, 0.4) is 0 Å². The van der Waals surface area contributed by atoms with Crippen LogP contribution in [-0.4, -0.2) is 5.11 Å². The van der Waals surface area contributed by atoms with Gasteiger partial charge < -0.3 is 9.84 Å². The van der Waals surface area contributed by atoms with E-state index in [0.29, 0.717) is 11.3 Å². The molecular weight excluding hydrogens is 262 g/mol. The highest BCUT2D eigenvalue weighted by Gasteiger charge is 2.31. The third-order valence-corrected chi connectivity index (χ3v) is 3.55. The second-order valence-electron chi connectivity index (χ2n) is 5.03. The van der Waals surface area contributed by atoms with Crippen molar-refractivity contribution in [1.82, 2.24) is 0 Å². The van der Waals surface area contributed by atoms with Gasteiger partial charge in [-0.15, -0.1) is 0 Å². The number of aliphatic hydroxyl groups excluding tert-OH is 1. The number of fused-ring (bicyclic) bond motifs is 1. The topological polar surface area (TPSA) is 29.5 Å². The van der Waals surface area contributed by atoms with Crippen LogP contribution in [0.25, 0.3) is 0 Å². The standard InChI is InChI=1S/C16H14F2O2/c1-9-5-6-14-10(7-9)13(19)8-15(20-14)16-11(17)3-2-4-12(16)18/h2-7,13,15,19H,8H2,1H3/t13-,15?/m1/s1. The van der Waals surface area contributed by atoms with Crippen molar-refractivity contribution in [3.63, 3.8) is 0 Å². The Kier molecular flexibility index (Phi) is 3.18. The second kappa shape index (κ2) is 4.87. The summed E-state index contributed by atoms with van der Waals surface area (Å²) in [4.78, 5) is 0. The zero-order valence-corrected chi connectivity index (χ0v) is 10.9. The SMILES string of the molecule is Cc1ccc2c(c1)[C@H](O)CC(c1c(F)cccc1F)O2. The molecule has 20 heavy (non-hydrogen) atoms. The molecule has 104 valence electrons. The lowest BCUT2D eigenvalue weighted by molar-refractivity contribution is 0.0621. The molecule has 4 heteroatoms. The number of ether oxygens (including phenoxy) is 1. The van der Waals surface area contributed by atoms with Crippen LogP contribution in [0.5, 0.6) is 5.75 Å². The molecule has 2 atom stereocenters. The van der Waals surface area contributed by atoms with E-state index in [0.717, 1.165) is 5.56 Å². The van der Waals surface area contributed by atoms with Crippen molar-refractivity contribution in [1.29, 1.82) is 0 Å². The lowest BCUT2D eigenvalue weighted by atomic mass is 9.93. The van der Waals surface area contributed by atoms with Crippen molar-refractivity contribution in [3.05, 3.63) is 64.7 Å². The van der Waals surface area contributed by atoms with E-state index < -0.39 is 23.8 Å². The summed E-state index contributed by atoms with van der Waals surface area (Å²) >= 11 is 0. The summed E-state index contributed by atoms with van der Waals surface area (Å²) in [5.74, 6) is -0.836. The fraction of sp³-hybridized carbons (Fsp3) is 0.250. The van der Waals surface area contributed by atoms with Crippen LogP contribution in [0.15, 0.2) is 36.4 Å². The van der Waals surface area contributed by atoms with Gasteiger partial charge in [-0.25, -0.2) is 8.78 Å². The van der Waals surface area contributed by atoms with Crippen molar-refractivity contribution in [3.8, 4) is 5.75 Å². The third kappa shape index (κ3) is 2.16. The third-order valence-electron chi connectivity index (χ3n) is 3.55. The average molecular weight is 276 g/mol. The predicted molar refractivity (Wildman–Crippen MR) is 70.5 cm³/mol. The van der Waals surface area contributed by atoms with Crippen molar-refractivity contribution in [2.75, 3.05) is 0 Å². The summed E-state index contributed by atoms with van der Waals surface area (Å²) < 4.78 is 33.3. The first-order valence-corrected chi connectivity index (χ1v) is 6.45. The largest absolute Gasteiger partial charge is 0.485 e. The highest BCUT2D eigenvalue weighted by Crippen LogP contribution is 2.42. The van der Waals surface area contributed by atoms with Crippen molar-refractivity contribution in [2.24, 2.45) is 0 Å². The minimum Gasteiger partial charge on any atom is -0.485 e. The Morgan fingerprint density at radius 1 is 1.15 bits per heavy atom. The molecule has 1 unspecified atom stereocenters. The molecule has 1 aliphatic rings. The maximum atomic E-state index is 13.8. The molecule has 1 N–H and O–H groups in total. The van der Waals surface area contributed by atoms with Gasteiger partial charge in [-0.2, -0.15) is 0 Å². The average Bonchev–Trinajstić information content (AvgIpc) is 2.39. The molecule has 0 amide bonds. The molecule has 0 spiro atoms. The molecule has 0 bridgehead atoms. The Hall–Kier alpha value is -1.94. The van der Waals surface area contributed by atoms with E-state index in [1.807, 2.05) is 19.1 Å². The molecule has 0 saturated carbocycles. The van der Waals surface area contributed by atoms with Gasteiger partial charge in [-0.05, 0) is 31.2 Å². The first-order chi connectivity index (χ1) is 9.56. The fourth-order valence-electron chi connectivity index (χ4n) is 2.56. The summed E-state index contributed by atoms with van der Waals surface area (Å²) in [6.07, 6.45) is -1.47. The number of halogens is 2. The van der Waals surface area contributed by atoms with Crippen LogP contribution in [0.1, 0.15) is 35.3 Å². The van der Waals surface area contributed by atoms with E-state index >= 15 is 0 Å². The number of hydrogen-bond acceptors (Lipinski definition) is 2. The van der Waals surface area contributed by atoms with Gasteiger partial charge in [0.15, 0.2) is 0 Å². The smallest absolute Gasteiger partial charge is 0.133 e. The summed E-state index contributed by atoms with van der Waals surface area (Å²) in [5.41, 5.74) is 1.54. The van der Waals surface area contributed by atoms with Crippen molar-refractivity contribution in [2.45, 2.75) is 25.6 Å². The molecule has 1 heterocycles. The summed E-state index contributed by atoms with van der Waals surface area (Å²) in [7, 11) is 0. The number of benzene rings is 2. The first-order valence-electron chi connectivity index (χ1n) is 6.45. The molecule has 0 saturated heterocycles. The highest BCUT2D eigenvalue weighted by atomic mass is 19.1. The second-order valence-corrected chi connectivity index (χ2v) is 5.03. The number of aliphatic hydroxyl groups is 1. The molecule has 2 nitrogen and oxygen atoms in total. The van der Waals surface area contributed by atoms with E-state index in [9.17, 15) is 13.9 Å². The normalized spacial score (nSPS) is 21.2. The fourth-order valence-corrected chi connectivity index (χ4v) is 2.56. The molecule has 3 rings (SSSR count). The molecule has 0 radical (unpaired) electrons. The molecule has 0 aliphatic carbocycles. The highest BCUT2D eigenvalue weighted by molar-refractivity contribution is 5.41. The maximum absolute atomic E-state index is 13.8. The van der Waals surface area contributed by atoms with Gasteiger partial charge in [-0.3, -0.25) is 0 Å². The molecule has 0 fully saturated rings. The molecule has 0 aromatic heterocycles. The van der Waals surface area contributed by atoms with Crippen molar-refractivity contribution >= 4 is 0 Å². The van der Waals surface area contributed by atoms with Crippen LogP contribution < -0.4 is 4.74 Å². The van der Waals surface area contributed by atoms with Crippen LogP contribution >= 0.6 is 0 Å². The minimum absolute atomic E-state index is 0.127. The van der Waals surface area contributed by atoms with E-state index in [4.69, 9.17) is 4.74 Å². The minimum atomic E-state index is -0.818. The monoisotopic (exact) mass is 276 g/mol. The van der Waals surface area contributed by atoms with Gasteiger partial charge in [0.2, 0.25) is 0 Å². The quantitative estimate of drug-likeness (QED) is 0.857. The Balaban J connectivity index is 2.01. The van der Waals surface area contributed by atoms with Crippen LogP contribution in [0, 0.1) is 18.6 Å². The lowest BCUT2D eigenvalue weighted by Crippen LogP contribution is -2.21. The van der Waals surface area contributed by atoms with E-state index in [1.54, 1.807) is 6.07 Å². The van der Waals surface area contributed by atoms with Crippen molar-refractivity contribution < 1.29 is 18.6 Å². The van der Waals surface area contributed by atoms with Gasteiger partial charge in [0.25, 0.3) is 0 Å². The summed E-state index contributed by atoms with van der Waals surface area (Å²) in [6, 6.07) is 9.08. The Morgan fingerprint density at radius 3 is 2.55 bits per heavy atom. The summed E-state index contributed by atoms with van der Waals surface area (Å²) in [5, 5.41) is 10.2. The lowest BCUT2D eigenvalue weighted by Gasteiger charge is -2.30. The van der Waals surface area contributed by atoms with Gasteiger partial charge in [-0.1, -0.05) is 17.7 Å². The Labute approximate surface area is 115 Å². The van der Waals surface area contributed by atoms with Gasteiger partial charge in [0.05, 0.1) is 11.7 Å². The molecule has 1 aliphatic heterocycles. The predicted octanol–water partition coefficient (Wildman–Crippen LogP) is 3.83. The number of hydrogen-bond donors (Lipinski definition) is 1. The first kappa shape index (κ1) is 13.1. The van der Waals surface area contributed by atoms with Gasteiger partial charge in [0.1, 0.15) is 23.5 Å². The van der Waals surface area contributed by atoms with Crippen LogP contribution in [-0.2, 0) is 0 Å². The molecular formula is C16H14F2O2. The Morgan fingerprint density at radius 2 is 1.85 bits per heavy atom. The number of aryl methyl sites for hydroxylation is 1. The molecule has 2 aromatic carbocycles. The van der Waals surface area contributed by atoms with Gasteiger partial charge >= 0.3 is 0 Å². The Bertz CT molecular complexity index is 635. The maximum Gasteiger partial charge on any atom is 0.133 e. The van der Waals surface area contributed by atoms with E-state index in [2.05, 4.69) is 0 Å². The summed E-state index contributed by atoms with van der Waals surface area (Å²) in [6.45, 7) is 1.91.